The number of pyridine rings is 1. The number of alkyl halides is 4. The van der Waals surface area contributed by atoms with Gasteiger partial charge in [-0.15, -0.1) is 0 Å². The van der Waals surface area contributed by atoms with Crippen molar-refractivity contribution in [1.29, 1.82) is 0 Å². The Hall–Kier alpha value is -3.10. The van der Waals surface area contributed by atoms with Crippen LogP contribution in [0.4, 0.5) is 29.3 Å². The molecule has 0 spiro atoms. The zero-order valence-corrected chi connectivity index (χ0v) is 20.7. The number of carbonyl (C=O) groups is 1. The number of nitrogens with zero attached hydrogens (tertiary/aromatic N) is 3. The summed E-state index contributed by atoms with van der Waals surface area (Å²) in [5, 5.41) is 23.4. The zero-order valence-electron chi connectivity index (χ0n) is 20.7. The summed E-state index contributed by atoms with van der Waals surface area (Å²) in [4.78, 5) is 22.4. The first-order chi connectivity index (χ1) is 18.1. The maximum Gasteiger partial charge on any atom is 0.490 e. The summed E-state index contributed by atoms with van der Waals surface area (Å²) >= 11 is 0. The molecule has 3 heterocycles. The Kier molecular flexibility index (Phi) is 10.6. The number of aliphatic hydroxyl groups excluding tert-OH is 1. The molecule has 4 rings (SSSR count). The summed E-state index contributed by atoms with van der Waals surface area (Å²) in [7, 11) is 0. The van der Waals surface area contributed by atoms with E-state index >= 15 is 0 Å². The van der Waals surface area contributed by atoms with Gasteiger partial charge in [-0.1, -0.05) is 6.92 Å². The Labute approximate surface area is 216 Å². The predicted octanol–water partition coefficient (Wildman–Crippen LogP) is 4.09. The third-order valence-corrected chi connectivity index (χ3v) is 5.95. The van der Waals surface area contributed by atoms with Gasteiger partial charge < -0.3 is 30.3 Å². The highest BCUT2D eigenvalue weighted by Crippen LogP contribution is 2.31. The van der Waals surface area contributed by atoms with Gasteiger partial charge in [0.15, 0.2) is 6.29 Å². The van der Waals surface area contributed by atoms with Gasteiger partial charge in [-0.25, -0.2) is 14.2 Å². The molecule has 1 aliphatic heterocycles. The lowest BCUT2D eigenvalue weighted by Crippen LogP contribution is -2.29. The van der Waals surface area contributed by atoms with Crippen LogP contribution in [0.1, 0.15) is 50.9 Å². The van der Waals surface area contributed by atoms with Crippen LogP contribution in [0.25, 0.3) is 11.3 Å². The van der Waals surface area contributed by atoms with Gasteiger partial charge in [-0.3, -0.25) is 4.98 Å². The van der Waals surface area contributed by atoms with Gasteiger partial charge in [0.05, 0.1) is 30.6 Å². The number of nitrogens with one attached hydrogen (secondary N) is 2. The van der Waals surface area contributed by atoms with Crippen LogP contribution in [0.5, 0.6) is 0 Å². The fourth-order valence-electron chi connectivity index (χ4n) is 3.82. The number of carboxylic acid groups (broad SMARTS) is 1. The van der Waals surface area contributed by atoms with Crippen molar-refractivity contribution in [2.75, 3.05) is 30.4 Å². The third kappa shape index (κ3) is 8.74. The van der Waals surface area contributed by atoms with Crippen LogP contribution >= 0.6 is 0 Å². The molecule has 1 saturated carbocycles. The number of hydrogen-bond donors (Lipinski definition) is 4. The second-order valence-electron chi connectivity index (χ2n) is 8.84. The molecular weight excluding hydrogens is 514 g/mol. The number of rotatable bonds is 8. The monoisotopic (exact) mass is 545 g/mol. The maximum absolute atomic E-state index is 13.7. The average molecular weight is 546 g/mol. The predicted molar refractivity (Wildman–Crippen MR) is 129 cm³/mol. The summed E-state index contributed by atoms with van der Waals surface area (Å²) < 4.78 is 56.6. The quantitative estimate of drug-likeness (QED) is 0.359. The topological polar surface area (TPSA) is 139 Å². The maximum atomic E-state index is 13.7. The van der Waals surface area contributed by atoms with Crippen molar-refractivity contribution in [1.82, 2.24) is 15.0 Å². The molecule has 0 aromatic carbocycles. The fourth-order valence-corrected chi connectivity index (χ4v) is 3.82. The third-order valence-electron chi connectivity index (χ3n) is 5.95. The molecule has 2 aliphatic rings. The van der Waals surface area contributed by atoms with Crippen LogP contribution in [-0.4, -0.2) is 75.4 Å². The minimum Gasteiger partial charge on any atom is -0.475 e. The molecule has 2 fully saturated rings. The molecule has 38 heavy (non-hydrogen) atoms. The largest absolute Gasteiger partial charge is 0.490 e. The number of aliphatic carboxylic acids is 1. The number of carboxylic acids is 1. The number of hydrogen-bond acceptors (Lipinski definition) is 9. The van der Waals surface area contributed by atoms with E-state index in [0.29, 0.717) is 37.1 Å². The Bertz CT molecular complexity index is 1050. The molecule has 0 radical (unpaired) electrons. The van der Waals surface area contributed by atoms with Gasteiger partial charge in [-0.05, 0) is 44.2 Å². The molecule has 0 amide bonds. The van der Waals surface area contributed by atoms with E-state index in [-0.39, 0.29) is 18.7 Å². The van der Waals surface area contributed by atoms with Crippen LogP contribution in [-0.2, 0) is 14.3 Å². The molecule has 1 saturated heterocycles. The number of anilines is 2. The van der Waals surface area contributed by atoms with Gasteiger partial charge in [0.2, 0.25) is 5.95 Å². The average Bonchev–Trinajstić information content (AvgIpc) is 3.44. The molecule has 1 atom stereocenters. The summed E-state index contributed by atoms with van der Waals surface area (Å²) in [5.74, 6) is -1.74. The van der Waals surface area contributed by atoms with Crippen LogP contribution in [0.3, 0.4) is 0 Å². The van der Waals surface area contributed by atoms with Gasteiger partial charge in [0.1, 0.15) is 12.0 Å². The van der Waals surface area contributed by atoms with Crippen molar-refractivity contribution in [2.45, 2.75) is 69.8 Å². The Morgan fingerprint density at radius 1 is 1.18 bits per heavy atom. The van der Waals surface area contributed by atoms with Crippen molar-refractivity contribution in [2.24, 2.45) is 0 Å². The summed E-state index contributed by atoms with van der Waals surface area (Å²) in [6.07, 6.45) is 0.415. The lowest BCUT2D eigenvalue weighted by Gasteiger charge is -2.27. The van der Waals surface area contributed by atoms with Crippen LogP contribution in [0.15, 0.2) is 24.5 Å². The summed E-state index contributed by atoms with van der Waals surface area (Å²) in [5.41, 5.74) is 2.35. The Balaban J connectivity index is 0.000000505. The van der Waals surface area contributed by atoms with Crippen LogP contribution in [0, 0.1) is 0 Å². The molecule has 0 bridgehead atoms. The minimum absolute atomic E-state index is 0.162. The molecule has 14 heteroatoms. The number of aliphatic hydroxyl groups is 1. The van der Waals surface area contributed by atoms with E-state index in [2.05, 4.69) is 25.6 Å². The summed E-state index contributed by atoms with van der Waals surface area (Å²) in [6, 6.07) is 3.99. The number of ether oxygens (including phenoxy) is 2. The highest BCUT2D eigenvalue weighted by atomic mass is 19.4. The standard InChI is InChI=1S/C22H30FN5O3.C2HF3O2/c1-2-15(23)12-25-22-26-13-18(20(28-22)27-16-3-5-17(29)6-4-16)19-11-14(7-8-24-19)21-30-9-10-31-21;3-2(4,5)1(6)7/h7-8,11,13,15-17,21,29H,2-6,9-10,12H2,1H3,(H2,25,26,27,28);(H,6,7). The highest BCUT2D eigenvalue weighted by Gasteiger charge is 2.38. The van der Waals surface area contributed by atoms with Crippen molar-refractivity contribution in [3.63, 3.8) is 0 Å². The first kappa shape index (κ1) is 29.5. The molecule has 210 valence electrons. The fraction of sp³-hybridized carbons (Fsp3) is 0.583. The molecule has 1 aliphatic carbocycles. The first-order valence-corrected chi connectivity index (χ1v) is 12.3. The molecule has 10 nitrogen and oxygen atoms in total. The van der Waals surface area contributed by atoms with Gasteiger partial charge in [0, 0.05) is 30.5 Å². The van der Waals surface area contributed by atoms with E-state index in [1.54, 1.807) is 19.3 Å². The van der Waals surface area contributed by atoms with E-state index in [9.17, 15) is 22.7 Å². The van der Waals surface area contributed by atoms with Crippen molar-refractivity contribution in [3.8, 4) is 11.3 Å². The lowest BCUT2D eigenvalue weighted by molar-refractivity contribution is -0.192. The van der Waals surface area contributed by atoms with Crippen LogP contribution < -0.4 is 10.6 Å². The second kappa shape index (κ2) is 13.6. The normalized spacial score (nSPS) is 20.8. The smallest absolute Gasteiger partial charge is 0.475 e. The Morgan fingerprint density at radius 2 is 1.84 bits per heavy atom. The SMILES string of the molecule is CCC(F)CNc1ncc(-c2cc(C3OCCO3)ccn2)c(NC2CCC(O)CC2)n1.O=C(O)C(F)(F)F. The number of halogens is 4. The molecule has 2 aromatic heterocycles. The van der Waals surface area contributed by atoms with Gasteiger partial charge in [0.25, 0.3) is 0 Å². The van der Waals surface area contributed by atoms with E-state index < -0.39 is 24.6 Å². The van der Waals surface area contributed by atoms with Crippen molar-refractivity contribution >= 4 is 17.7 Å². The van der Waals surface area contributed by atoms with E-state index in [1.807, 2.05) is 12.1 Å². The molecule has 1 unspecified atom stereocenters. The minimum atomic E-state index is -5.08. The van der Waals surface area contributed by atoms with E-state index in [0.717, 1.165) is 36.8 Å². The summed E-state index contributed by atoms with van der Waals surface area (Å²) in [6.45, 7) is 3.10. The van der Waals surface area contributed by atoms with Gasteiger partial charge >= 0.3 is 12.1 Å². The number of aromatic nitrogens is 3. The Morgan fingerprint density at radius 3 is 2.45 bits per heavy atom. The highest BCUT2D eigenvalue weighted by molar-refractivity contribution is 5.73. The van der Waals surface area contributed by atoms with Crippen LogP contribution in [0.2, 0.25) is 0 Å². The van der Waals surface area contributed by atoms with Crippen molar-refractivity contribution < 1.29 is 42.0 Å². The molecule has 2 aromatic rings. The van der Waals surface area contributed by atoms with E-state index in [1.165, 1.54) is 0 Å². The molecule has 4 N–H and O–H groups in total. The second-order valence-corrected chi connectivity index (χ2v) is 8.84. The molecular formula is C24H31F4N5O5. The van der Waals surface area contributed by atoms with Crippen molar-refractivity contribution in [3.05, 3.63) is 30.1 Å². The van der Waals surface area contributed by atoms with E-state index in [4.69, 9.17) is 19.4 Å². The van der Waals surface area contributed by atoms with Gasteiger partial charge in [-0.2, -0.15) is 18.2 Å². The zero-order chi connectivity index (χ0) is 27.7. The first-order valence-electron chi connectivity index (χ1n) is 12.3. The lowest BCUT2D eigenvalue weighted by atomic mass is 9.93.